The number of hydrogen-bond acceptors (Lipinski definition) is 6. The van der Waals surface area contributed by atoms with Gasteiger partial charge < -0.3 is 5.32 Å². The molecule has 5 aromatic rings. The Kier molecular flexibility index (Phi) is 5.26. The number of hydrogen-bond donors (Lipinski definition) is 1. The second-order valence-electron chi connectivity index (χ2n) is 8.82. The van der Waals surface area contributed by atoms with E-state index in [-0.39, 0.29) is 0 Å². The summed E-state index contributed by atoms with van der Waals surface area (Å²) in [6, 6.07) is 18.8. The van der Waals surface area contributed by atoms with Crippen molar-refractivity contribution in [2.75, 3.05) is 5.32 Å². The number of anilines is 2. The third kappa shape index (κ3) is 3.93. The van der Waals surface area contributed by atoms with Crippen LogP contribution in [0.15, 0.2) is 78.3 Å². The van der Waals surface area contributed by atoms with Crippen molar-refractivity contribution in [3.63, 3.8) is 0 Å². The van der Waals surface area contributed by atoms with E-state index >= 15 is 0 Å². The Morgan fingerprint density at radius 3 is 2.71 bits per heavy atom. The minimum atomic E-state index is 0.676. The van der Waals surface area contributed by atoms with Gasteiger partial charge in [-0.2, -0.15) is 0 Å². The van der Waals surface area contributed by atoms with Crippen LogP contribution in [-0.4, -0.2) is 26.2 Å². The molecule has 0 spiro atoms. The summed E-state index contributed by atoms with van der Waals surface area (Å²) >= 11 is 0. The largest absolute Gasteiger partial charge is 0.340 e. The Morgan fingerprint density at radius 2 is 1.80 bits per heavy atom. The summed E-state index contributed by atoms with van der Waals surface area (Å²) in [7, 11) is 0. The Labute approximate surface area is 203 Å². The molecule has 35 heavy (non-hydrogen) atoms. The van der Waals surface area contributed by atoms with E-state index in [0.717, 1.165) is 57.0 Å². The predicted molar refractivity (Wildman–Crippen MR) is 141 cm³/mol. The van der Waals surface area contributed by atoms with E-state index in [1.807, 2.05) is 24.7 Å². The molecule has 170 valence electrons. The zero-order valence-electron chi connectivity index (χ0n) is 19.7. The highest BCUT2D eigenvalue weighted by molar-refractivity contribution is 5.96. The number of aliphatic imine (C=N–C) groups is 1. The number of fused-ring (bicyclic) bond motifs is 2. The summed E-state index contributed by atoms with van der Waals surface area (Å²) in [5, 5.41) is 5.75. The fourth-order valence-corrected chi connectivity index (χ4v) is 4.70. The van der Waals surface area contributed by atoms with Crippen molar-refractivity contribution < 1.29 is 0 Å². The second-order valence-corrected chi connectivity index (χ2v) is 8.82. The van der Waals surface area contributed by atoms with Gasteiger partial charge in [0.2, 0.25) is 0 Å². The summed E-state index contributed by atoms with van der Waals surface area (Å²) < 4.78 is 0. The van der Waals surface area contributed by atoms with Gasteiger partial charge in [0, 0.05) is 48.1 Å². The lowest BCUT2D eigenvalue weighted by molar-refractivity contribution is 1.05. The lowest BCUT2D eigenvalue weighted by atomic mass is 9.94. The summed E-state index contributed by atoms with van der Waals surface area (Å²) in [4.78, 5) is 23.0. The van der Waals surface area contributed by atoms with Crippen LogP contribution >= 0.6 is 0 Å². The van der Waals surface area contributed by atoms with Gasteiger partial charge in [-0.05, 0) is 66.3 Å². The van der Waals surface area contributed by atoms with Crippen molar-refractivity contribution in [3.05, 3.63) is 101 Å². The first kappa shape index (κ1) is 21.1. The van der Waals surface area contributed by atoms with Crippen molar-refractivity contribution in [1.82, 2.24) is 19.9 Å². The highest BCUT2D eigenvalue weighted by Gasteiger charge is 2.19. The highest BCUT2D eigenvalue weighted by Crippen LogP contribution is 2.36. The van der Waals surface area contributed by atoms with Gasteiger partial charge >= 0.3 is 0 Å². The quantitative estimate of drug-likeness (QED) is 0.336. The molecular weight excluding hydrogens is 432 g/mol. The van der Waals surface area contributed by atoms with Crippen molar-refractivity contribution in [3.8, 4) is 11.3 Å². The summed E-state index contributed by atoms with van der Waals surface area (Å²) in [5.74, 6) is 0.846. The number of aryl methyl sites for hydroxylation is 2. The fourth-order valence-electron chi connectivity index (χ4n) is 4.70. The fraction of sp³-hybridized carbons (Fsp3) is 0.138. The predicted octanol–water partition coefficient (Wildman–Crippen LogP) is 6.30. The minimum absolute atomic E-state index is 0.676. The van der Waals surface area contributed by atoms with Crippen molar-refractivity contribution >= 4 is 34.2 Å². The normalized spacial score (nSPS) is 12.2. The molecule has 6 nitrogen and oxygen atoms in total. The molecule has 3 aromatic heterocycles. The number of pyridine rings is 2. The van der Waals surface area contributed by atoms with Gasteiger partial charge in [-0.15, -0.1) is 0 Å². The van der Waals surface area contributed by atoms with Crippen LogP contribution in [0.25, 0.3) is 22.0 Å². The van der Waals surface area contributed by atoms with Gasteiger partial charge in [0.25, 0.3) is 0 Å². The second kappa shape index (κ2) is 8.72. The molecule has 0 atom stereocenters. The molecule has 1 aliphatic heterocycles. The highest BCUT2D eigenvalue weighted by atomic mass is 15.0. The molecular formula is C29H24N6. The molecule has 0 unspecified atom stereocenters. The third-order valence-corrected chi connectivity index (χ3v) is 6.46. The summed E-state index contributed by atoms with van der Waals surface area (Å²) in [5.41, 5.74) is 9.29. The number of rotatable bonds is 5. The first-order chi connectivity index (χ1) is 17.2. The van der Waals surface area contributed by atoms with Gasteiger partial charge in [-0.1, -0.05) is 24.3 Å². The van der Waals surface area contributed by atoms with Crippen molar-refractivity contribution in [2.24, 2.45) is 4.99 Å². The zero-order chi connectivity index (χ0) is 23.8. The Morgan fingerprint density at radius 1 is 0.857 bits per heavy atom. The molecule has 2 aromatic carbocycles. The average Bonchev–Trinajstić information content (AvgIpc) is 3.36. The Balaban J connectivity index is 1.44. The molecule has 0 bridgehead atoms. The topological polar surface area (TPSA) is 76.0 Å². The standard InChI is InChI=1S/C29H24N6/c1-18-5-3-6-20(15-18)35-29-22-9-8-19(2)24(21(22)10-13-32-29)16-26-23(7-4-12-30-26)27-28-25(11-14-31-28)33-17-34-27/h3-10,12-15,17H,11,16H2,1-2H3,(H,32,35). The molecule has 1 aliphatic rings. The molecule has 0 aliphatic carbocycles. The van der Waals surface area contributed by atoms with E-state index in [2.05, 4.69) is 87.6 Å². The molecule has 0 radical (unpaired) electrons. The van der Waals surface area contributed by atoms with Crippen LogP contribution in [0, 0.1) is 13.8 Å². The molecule has 0 saturated carbocycles. The van der Waals surface area contributed by atoms with E-state index < -0.39 is 0 Å². The first-order valence-electron chi connectivity index (χ1n) is 11.7. The van der Waals surface area contributed by atoms with Gasteiger partial charge in [0.1, 0.15) is 23.5 Å². The number of benzene rings is 2. The van der Waals surface area contributed by atoms with E-state index in [9.17, 15) is 0 Å². The SMILES string of the molecule is Cc1cccc(Nc2nccc3c(Cc4ncccc4-c4ncnc5c4N=CC5)c(C)ccc23)c1. The van der Waals surface area contributed by atoms with E-state index in [1.165, 1.54) is 16.7 Å². The Bertz CT molecular complexity index is 1610. The number of aromatic nitrogens is 4. The zero-order valence-corrected chi connectivity index (χ0v) is 19.7. The number of nitrogens with one attached hydrogen (secondary N) is 1. The minimum Gasteiger partial charge on any atom is -0.340 e. The van der Waals surface area contributed by atoms with Gasteiger partial charge in [0.15, 0.2) is 0 Å². The van der Waals surface area contributed by atoms with Crippen LogP contribution in [0.1, 0.15) is 28.1 Å². The first-order valence-corrected chi connectivity index (χ1v) is 11.7. The van der Waals surface area contributed by atoms with Gasteiger partial charge in [-0.25, -0.2) is 15.0 Å². The van der Waals surface area contributed by atoms with Gasteiger partial charge in [-0.3, -0.25) is 9.98 Å². The summed E-state index contributed by atoms with van der Waals surface area (Å²) in [6.45, 7) is 4.24. The maximum atomic E-state index is 4.78. The van der Waals surface area contributed by atoms with Crippen molar-refractivity contribution in [1.29, 1.82) is 0 Å². The van der Waals surface area contributed by atoms with Crippen LogP contribution in [0.3, 0.4) is 0 Å². The Hall–Kier alpha value is -4.45. The van der Waals surface area contributed by atoms with E-state index in [1.54, 1.807) is 6.33 Å². The molecule has 4 heterocycles. The van der Waals surface area contributed by atoms with Crippen LogP contribution in [0.5, 0.6) is 0 Å². The number of nitrogens with zero attached hydrogens (tertiary/aromatic N) is 5. The van der Waals surface area contributed by atoms with Crippen LogP contribution in [-0.2, 0) is 12.8 Å². The maximum Gasteiger partial charge on any atom is 0.138 e. The molecule has 6 rings (SSSR count). The molecule has 0 fully saturated rings. The van der Waals surface area contributed by atoms with Crippen molar-refractivity contribution in [2.45, 2.75) is 26.7 Å². The average molecular weight is 457 g/mol. The van der Waals surface area contributed by atoms with Gasteiger partial charge in [0.05, 0.1) is 11.4 Å². The maximum absolute atomic E-state index is 4.78. The van der Waals surface area contributed by atoms with E-state index in [4.69, 9.17) is 4.98 Å². The molecule has 6 heteroatoms. The molecule has 0 amide bonds. The molecule has 0 saturated heterocycles. The summed E-state index contributed by atoms with van der Waals surface area (Å²) in [6.07, 6.45) is 8.65. The molecule has 1 N–H and O–H groups in total. The smallest absolute Gasteiger partial charge is 0.138 e. The van der Waals surface area contributed by atoms with Crippen LogP contribution in [0.4, 0.5) is 17.2 Å². The third-order valence-electron chi connectivity index (χ3n) is 6.46. The monoisotopic (exact) mass is 456 g/mol. The van der Waals surface area contributed by atoms with Crippen LogP contribution < -0.4 is 5.32 Å². The lowest BCUT2D eigenvalue weighted by Crippen LogP contribution is -2.02. The van der Waals surface area contributed by atoms with E-state index in [0.29, 0.717) is 6.42 Å². The van der Waals surface area contributed by atoms with Crippen LogP contribution in [0.2, 0.25) is 0 Å². The lowest BCUT2D eigenvalue weighted by Gasteiger charge is -2.15.